The topological polar surface area (TPSA) is 166 Å². The number of phenols is 1. The highest BCUT2D eigenvalue weighted by Crippen LogP contribution is 2.56. The molecule has 0 saturated carbocycles. The molecule has 3 unspecified atom stereocenters. The third kappa shape index (κ3) is 6.23. The van der Waals surface area contributed by atoms with Crippen LogP contribution >= 0.6 is 23.2 Å². The van der Waals surface area contributed by atoms with Crippen LogP contribution in [0.3, 0.4) is 0 Å². The van der Waals surface area contributed by atoms with Crippen molar-refractivity contribution in [3.05, 3.63) is 87.2 Å². The van der Waals surface area contributed by atoms with Crippen molar-refractivity contribution < 1.29 is 43.5 Å². The summed E-state index contributed by atoms with van der Waals surface area (Å²) in [5.74, 6) is -3.97. The van der Waals surface area contributed by atoms with Crippen molar-refractivity contribution in [1.29, 1.82) is 0 Å². The number of aliphatic hydroxyl groups excluding tert-OH is 1. The number of aliphatic hydroxyl groups is 1. The molecule has 2 aliphatic rings. The maximum Gasteiger partial charge on any atom is 0.231 e. The first-order valence-corrected chi connectivity index (χ1v) is 16.8. The molecule has 0 fully saturated rings. The second-order valence-corrected chi connectivity index (χ2v) is 13.1. The van der Waals surface area contributed by atoms with Gasteiger partial charge in [-0.05, 0) is 42.0 Å². The van der Waals surface area contributed by atoms with Crippen LogP contribution in [0.4, 0.5) is 5.69 Å². The van der Waals surface area contributed by atoms with Gasteiger partial charge in [0.1, 0.15) is 22.1 Å². The van der Waals surface area contributed by atoms with Gasteiger partial charge in [-0.2, -0.15) is 0 Å². The lowest BCUT2D eigenvalue weighted by Gasteiger charge is -2.38. The molecular weight excluding hydrogens is 701 g/mol. The van der Waals surface area contributed by atoms with Gasteiger partial charge < -0.3 is 39.8 Å². The van der Waals surface area contributed by atoms with Gasteiger partial charge in [0.15, 0.2) is 28.8 Å². The number of amides is 1. The van der Waals surface area contributed by atoms with Gasteiger partial charge in [0, 0.05) is 71.7 Å². The summed E-state index contributed by atoms with van der Waals surface area (Å²) in [5, 5.41) is 30.0. The molecule has 1 aliphatic heterocycles. The van der Waals surface area contributed by atoms with E-state index in [0.717, 1.165) is 11.1 Å². The number of benzene rings is 3. The first-order valence-electron chi connectivity index (χ1n) is 16.0. The lowest BCUT2D eigenvalue weighted by Crippen LogP contribution is -2.53. The quantitative estimate of drug-likeness (QED) is 0.126. The van der Waals surface area contributed by atoms with Crippen LogP contribution in [0.1, 0.15) is 41.6 Å². The molecule has 6 rings (SSSR count). The number of nitrogens with zero attached hydrogens (tertiary/aromatic N) is 1. The molecule has 0 bridgehead atoms. The summed E-state index contributed by atoms with van der Waals surface area (Å²) in [5.41, 5.74) is -0.341. The van der Waals surface area contributed by atoms with Crippen molar-refractivity contribution in [2.45, 2.75) is 31.3 Å². The van der Waals surface area contributed by atoms with E-state index in [1.54, 1.807) is 25.3 Å². The summed E-state index contributed by atoms with van der Waals surface area (Å²) in [6.45, 7) is 2.18. The van der Waals surface area contributed by atoms with Gasteiger partial charge in [-0.3, -0.25) is 19.4 Å². The van der Waals surface area contributed by atoms with Crippen LogP contribution in [0, 0.1) is 5.92 Å². The number of halogens is 2. The number of rotatable bonds is 11. The number of hydrogen-bond acceptors (Lipinski definition) is 11. The van der Waals surface area contributed by atoms with Gasteiger partial charge in [0.25, 0.3) is 0 Å². The molecule has 1 aliphatic carbocycles. The van der Waals surface area contributed by atoms with E-state index in [1.807, 2.05) is 12.1 Å². The average Bonchev–Trinajstić information content (AvgIpc) is 3.43. The largest absolute Gasteiger partial charge is 0.507 e. The highest BCUT2D eigenvalue weighted by Gasteiger charge is 2.61. The predicted octanol–water partition coefficient (Wildman–Crippen LogP) is 6.41. The minimum absolute atomic E-state index is 0.00596. The van der Waals surface area contributed by atoms with Crippen LogP contribution in [0.2, 0.25) is 10.0 Å². The highest BCUT2D eigenvalue weighted by atomic mass is 35.5. The SMILES string of the molecule is COc1cc(C(CC(=O)NCCNc2ccnc3cc(Cl)ccc23)C2=C(O)C3(Oc4c(Cl)c(OC)cc(OC)c4C3=O)C(C)CC2=O)ccc1O. The molecule has 51 heavy (non-hydrogen) atoms. The van der Waals surface area contributed by atoms with Crippen molar-refractivity contribution in [1.82, 2.24) is 10.3 Å². The Bertz CT molecular complexity index is 2100. The second kappa shape index (κ2) is 14.2. The number of allylic oxidation sites excluding steroid dienone is 1. The molecule has 14 heteroatoms. The van der Waals surface area contributed by atoms with Gasteiger partial charge >= 0.3 is 0 Å². The second-order valence-electron chi connectivity index (χ2n) is 12.2. The minimum atomic E-state index is -2.05. The average molecular weight is 737 g/mol. The summed E-state index contributed by atoms with van der Waals surface area (Å²) < 4.78 is 22.4. The number of phenolic OH excluding ortho intramolecular Hbond substituents is 1. The maximum atomic E-state index is 14.3. The molecule has 2 heterocycles. The molecule has 12 nitrogen and oxygen atoms in total. The van der Waals surface area contributed by atoms with Crippen LogP contribution in [0.5, 0.6) is 28.7 Å². The first-order chi connectivity index (χ1) is 24.4. The number of hydrogen-bond donors (Lipinski definition) is 4. The monoisotopic (exact) mass is 735 g/mol. The summed E-state index contributed by atoms with van der Waals surface area (Å²) in [6.07, 6.45) is 1.15. The number of methoxy groups -OCH3 is 3. The van der Waals surface area contributed by atoms with E-state index in [9.17, 15) is 24.6 Å². The Morgan fingerprint density at radius 3 is 2.47 bits per heavy atom. The fraction of sp³-hybridized carbons (Fsp3) is 0.297. The van der Waals surface area contributed by atoms with Crippen molar-refractivity contribution in [2.24, 2.45) is 5.92 Å². The fourth-order valence-electron chi connectivity index (χ4n) is 6.77. The molecule has 266 valence electrons. The van der Waals surface area contributed by atoms with Crippen molar-refractivity contribution in [3.8, 4) is 28.7 Å². The zero-order valence-electron chi connectivity index (χ0n) is 28.1. The fourth-order valence-corrected chi connectivity index (χ4v) is 7.20. The van der Waals surface area contributed by atoms with Gasteiger partial charge in [0.05, 0.1) is 26.8 Å². The summed E-state index contributed by atoms with van der Waals surface area (Å²) >= 11 is 12.7. The number of fused-ring (bicyclic) bond motifs is 2. The van der Waals surface area contributed by atoms with Crippen LogP contribution in [-0.2, 0) is 9.59 Å². The number of ether oxygens (including phenoxy) is 4. The number of ketones is 2. The molecule has 1 aromatic heterocycles. The van der Waals surface area contributed by atoms with Crippen molar-refractivity contribution in [3.63, 3.8) is 0 Å². The standard InChI is InChI=1S/C37H35Cl2N3O9/c1-18-13-26(44)31(35(46)37(18)36(47)32-28(49-3)17-29(50-4)33(39)34(32)51-37)22(19-5-8-25(43)27(14-19)48-2)16-30(45)42-12-11-41-23-9-10-40-24-15-20(38)6-7-21(23)24/h5-10,14-15,17-18,22,43,46H,11-13,16H2,1-4H3,(H,40,41)(H,42,45). The molecule has 1 amide bonds. The van der Waals surface area contributed by atoms with E-state index < -0.39 is 40.7 Å². The Morgan fingerprint density at radius 2 is 1.75 bits per heavy atom. The van der Waals surface area contributed by atoms with Gasteiger partial charge in [-0.15, -0.1) is 0 Å². The number of carbonyl (C=O) groups excluding carboxylic acids is 3. The van der Waals surface area contributed by atoms with E-state index in [2.05, 4.69) is 15.6 Å². The summed E-state index contributed by atoms with van der Waals surface area (Å²) in [6, 6.07) is 13.0. The molecule has 3 aromatic carbocycles. The Balaban J connectivity index is 1.33. The Morgan fingerprint density at radius 1 is 1.00 bits per heavy atom. The number of nitrogens with one attached hydrogen (secondary N) is 2. The number of carbonyl (C=O) groups is 3. The van der Waals surface area contributed by atoms with E-state index in [-0.39, 0.29) is 64.3 Å². The Labute approximate surface area is 303 Å². The lowest BCUT2D eigenvalue weighted by atomic mass is 9.69. The Kier molecular flexibility index (Phi) is 9.92. The van der Waals surface area contributed by atoms with Gasteiger partial charge in [-0.25, -0.2) is 0 Å². The molecular formula is C37H35Cl2N3O9. The third-order valence-corrected chi connectivity index (χ3v) is 9.92. The van der Waals surface area contributed by atoms with Crippen LogP contribution in [-0.4, -0.2) is 72.7 Å². The number of anilines is 1. The molecule has 4 aromatic rings. The molecule has 3 atom stereocenters. The van der Waals surface area contributed by atoms with Gasteiger partial charge in [-0.1, -0.05) is 36.2 Å². The smallest absolute Gasteiger partial charge is 0.231 e. The summed E-state index contributed by atoms with van der Waals surface area (Å²) in [4.78, 5) is 46.2. The lowest BCUT2D eigenvalue weighted by molar-refractivity contribution is -0.121. The first kappa shape index (κ1) is 35.6. The summed E-state index contributed by atoms with van der Waals surface area (Å²) in [7, 11) is 4.13. The van der Waals surface area contributed by atoms with Gasteiger partial charge in [0.2, 0.25) is 17.3 Å². The third-order valence-electron chi connectivity index (χ3n) is 9.32. The number of pyridine rings is 1. The normalized spacial score (nSPS) is 18.7. The molecule has 4 N–H and O–H groups in total. The molecule has 1 spiro atoms. The number of aromatic nitrogens is 1. The zero-order valence-corrected chi connectivity index (χ0v) is 29.6. The number of Topliss-reactive ketones (excluding diaryl/α,β-unsaturated/α-hetero) is 2. The van der Waals surface area contributed by atoms with Crippen molar-refractivity contribution >= 4 is 57.3 Å². The molecule has 0 radical (unpaired) electrons. The minimum Gasteiger partial charge on any atom is -0.507 e. The van der Waals surface area contributed by atoms with E-state index in [1.165, 1.54) is 45.6 Å². The van der Waals surface area contributed by atoms with E-state index in [4.69, 9.17) is 42.1 Å². The highest BCUT2D eigenvalue weighted by molar-refractivity contribution is 6.35. The predicted molar refractivity (Wildman–Crippen MR) is 191 cm³/mol. The molecule has 0 saturated heterocycles. The van der Waals surface area contributed by atoms with Crippen LogP contribution in [0.25, 0.3) is 10.9 Å². The van der Waals surface area contributed by atoms with E-state index in [0.29, 0.717) is 22.6 Å². The Hall–Kier alpha value is -5.20. The maximum absolute atomic E-state index is 14.3. The van der Waals surface area contributed by atoms with Crippen LogP contribution < -0.4 is 29.6 Å². The van der Waals surface area contributed by atoms with Crippen LogP contribution in [0.15, 0.2) is 66.1 Å². The van der Waals surface area contributed by atoms with E-state index >= 15 is 0 Å². The van der Waals surface area contributed by atoms with Crippen molar-refractivity contribution in [2.75, 3.05) is 39.7 Å². The zero-order chi connectivity index (χ0) is 36.6. The number of aromatic hydroxyl groups is 1.